The van der Waals surface area contributed by atoms with Crippen molar-refractivity contribution in [2.75, 3.05) is 23.7 Å². The van der Waals surface area contributed by atoms with Crippen LogP contribution in [0.3, 0.4) is 0 Å². The molecule has 0 aliphatic heterocycles. The molecule has 31 heavy (non-hydrogen) atoms. The Morgan fingerprint density at radius 3 is 2.48 bits per heavy atom. The van der Waals surface area contributed by atoms with Gasteiger partial charge in [0.1, 0.15) is 0 Å². The molecule has 1 aliphatic rings. The van der Waals surface area contributed by atoms with E-state index in [4.69, 9.17) is 16.7 Å². The maximum atomic E-state index is 12.6. The Morgan fingerprint density at radius 1 is 1.06 bits per heavy atom. The van der Waals surface area contributed by atoms with E-state index in [9.17, 15) is 14.4 Å². The van der Waals surface area contributed by atoms with Gasteiger partial charge in [-0.25, -0.2) is 4.79 Å². The minimum Gasteiger partial charge on any atom is -0.478 e. The van der Waals surface area contributed by atoms with Crippen LogP contribution < -0.4 is 10.6 Å². The maximum Gasteiger partial charge on any atom is 0.337 e. The number of carbonyl (C=O) groups excluding carboxylic acids is 2. The standard InChI is InChI=1S/C23H26ClN3O4/c1-14-3-4-15(2)20(11-14)26-22(29)13-27(17-6-7-17)10-9-21(28)25-16-5-8-19(24)18(12-16)23(30)31/h3-5,8,11-12,17H,6-7,9-10,13H2,1-2H3,(H,25,28)(H,26,29)(H,30,31). The van der Waals surface area contributed by atoms with Crippen molar-refractivity contribution in [3.63, 3.8) is 0 Å². The number of halogens is 1. The third-order valence-electron chi connectivity index (χ3n) is 5.18. The molecule has 2 aromatic carbocycles. The Kier molecular flexibility index (Phi) is 7.30. The van der Waals surface area contributed by atoms with Crippen LogP contribution in [0.2, 0.25) is 5.02 Å². The average molecular weight is 444 g/mol. The number of carbonyl (C=O) groups is 3. The fourth-order valence-electron chi connectivity index (χ4n) is 3.31. The van der Waals surface area contributed by atoms with Crippen molar-refractivity contribution >= 4 is 40.8 Å². The highest BCUT2D eigenvalue weighted by Crippen LogP contribution is 2.27. The van der Waals surface area contributed by atoms with E-state index in [1.807, 2.05) is 36.9 Å². The number of anilines is 2. The summed E-state index contributed by atoms with van der Waals surface area (Å²) in [5, 5.41) is 14.9. The molecule has 2 aromatic rings. The molecule has 0 spiro atoms. The number of hydrogen-bond donors (Lipinski definition) is 3. The number of carboxylic acids is 1. The highest BCUT2D eigenvalue weighted by Gasteiger charge is 2.30. The summed E-state index contributed by atoms with van der Waals surface area (Å²) in [6.07, 6.45) is 2.22. The summed E-state index contributed by atoms with van der Waals surface area (Å²) < 4.78 is 0. The Balaban J connectivity index is 1.54. The predicted molar refractivity (Wildman–Crippen MR) is 121 cm³/mol. The molecule has 164 valence electrons. The van der Waals surface area contributed by atoms with Gasteiger partial charge in [-0.15, -0.1) is 0 Å². The molecule has 2 amide bonds. The second-order valence-electron chi connectivity index (χ2n) is 7.87. The number of carboxylic acid groups (broad SMARTS) is 1. The lowest BCUT2D eigenvalue weighted by atomic mass is 10.1. The van der Waals surface area contributed by atoms with Gasteiger partial charge in [-0.05, 0) is 62.1 Å². The molecular weight excluding hydrogens is 418 g/mol. The molecule has 1 saturated carbocycles. The Morgan fingerprint density at radius 2 is 1.81 bits per heavy atom. The number of hydrogen-bond acceptors (Lipinski definition) is 4. The summed E-state index contributed by atoms with van der Waals surface area (Å²) in [4.78, 5) is 38.1. The summed E-state index contributed by atoms with van der Waals surface area (Å²) >= 11 is 5.86. The van der Waals surface area contributed by atoms with Gasteiger partial charge in [0.05, 0.1) is 17.1 Å². The first kappa shape index (κ1) is 22.8. The molecule has 0 heterocycles. The number of nitrogens with zero attached hydrogens (tertiary/aromatic N) is 1. The molecule has 3 N–H and O–H groups in total. The third kappa shape index (κ3) is 6.54. The van der Waals surface area contributed by atoms with Crippen LogP contribution >= 0.6 is 11.6 Å². The van der Waals surface area contributed by atoms with E-state index in [2.05, 4.69) is 10.6 Å². The van der Waals surface area contributed by atoms with Crippen LogP contribution in [0.4, 0.5) is 11.4 Å². The Bertz CT molecular complexity index is 1000. The lowest BCUT2D eigenvalue weighted by Crippen LogP contribution is -2.37. The van der Waals surface area contributed by atoms with Crippen LogP contribution in [0.25, 0.3) is 0 Å². The molecule has 1 aliphatic carbocycles. The third-order valence-corrected chi connectivity index (χ3v) is 5.51. The molecule has 0 atom stereocenters. The van der Waals surface area contributed by atoms with Gasteiger partial charge < -0.3 is 15.7 Å². The molecule has 8 heteroatoms. The van der Waals surface area contributed by atoms with Gasteiger partial charge in [0.2, 0.25) is 11.8 Å². The van der Waals surface area contributed by atoms with Gasteiger partial charge in [0.15, 0.2) is 0 Å². The van der Waals surface area contributed by atoms with Crippen LogP contribution in [-0.2, 0) is 9.59 Å². The first-order valence-corrected chi connectivity index (χ1v) is 10.5. The van der Waals surface area contributed by atoms with Gasteiger partial charge in [-0.3, -0.25) is 14.5 Å². The normalized spacial score (nSPS) is 13.2. The van der Waals surface area contributed by atoms with E-state index in [0.29, 0.717) is 18.3 Å². The second-order valence-corrected chi connectivity index (χ2v) is 8.27. The predicted octanol–water partition coefficient (Wildman–Crippen LogP) is 4.09. The van der Waals surface area contributed by atoms with Crippen molar-refractivity contribution in [1.29, 1.82) is 0 Å². The highest BCUT2D eigenvalue weighted by atomic mass is 35.5. The number of amides is 2. The summed E-state index contributed by atoms with van der Waals surface area (Å²) in [5.41, 5.74) is 3.18. The Hall–Kier alpha value is -2.90. The monoisotopic (exact) mass is 443 g/mol. The molecule has 0 aromatic heterocycles. The highest BCUT2D eigenvalue weighted by molar-refractivity contribution is 6.33. The van der Waals surface area contributed by atoms with Gasteiger partial charge in [-0.2, -0.15) is 0 Å². The van der Waals surface area contributed by atoms with Gasteiger partial charge in [0.25, 0.3) is 0 Å². The van der Waals surface area contributed by atoms with E-state index in [1.54, 1.807) is 6.07 Å². The molecule has 0 unspecified atom stereocenters. The minimum absolute atomic E-state index is 0.0674. The van der Waals surface area contributed by atoms with Crippen LogP contribution in [-0.4, -0.2) is 46.9 Å². The van der Waals surface area contributed by atoms with Crippen LogP contribution in [0.15, 0.2) is 36.4 Å². The molecule has 7 nitrogen and oxygen atoms in total. The molecule has 0 bridgehead atoms. The number of benzene rings is 2. The summed E-state index contributed by atoms with van der Waals surface area (Å²) in [5.74, 6) is -1.51. The van der Waals surface area contributed by atoms with Crippen molar-refractivity contribution < 1.29 is 19.5 Å². The number of aryl methyl sites for hydroxylation is 2. The zero-order valence-electron chi connectivity index (χ0n) is 17.6. The molecule has 1 fully saturated rings. The average Bonchev–Trinajstić information content (AvgIpc) is 3.54. The van der Waals surface area contributed by atoms with Gasteiger partial charge in [-0.1, -0.05) is 23.7 Å². The van der Waals surface area contributed by atoms with Crippen molar-refractivity contribution in [2.24, 2.45) is 0 Å². The van der Waals surface area contributed by atoms with E-state index >= 15 is 0 Å². The van der Waals surface area contributed by atoms with E-state index in [0.717, 1.165) is 29.7 Å². The lowest BCUT2D eigenvalue weighted by molar-refractivity contribution is -0.119. The first-order valence-electron chi connectivity index (χ1n) is 10.2. The quantitative estimate of drug-likeness (QED) is 0.542. The van der Waals surface area contributed by atoms with E-state index in [1.165, 1.54) is 12.1 Å². The van der Waals surface area contributed by atoms with Crippen LogP contribution in [0.1, 0.15) is 40.7 Å². The summed E-state index contributed by atoms with van der Waals surface area (Å²) in [6, 6.07) is 10.6. The van der Waals surface area contributed by atoms with Crippen molar-refractivity contribution in [3.8, 4) is 0 Å². The molecular formula is C23H26ClN3O4. The summed E-state index contributed by atoms with van der Waals surface area (Å²) in [6.45, 7) is 4.58. The van der Waals surface area contributed by atoms with Crippen LogP contribution in [0.5, 0.6) is 0 Å². The largest absolute Gasteiger partial charge is 0.478 e. The molecule has 0 radical (unpaired) electrons. The SMILES string of the molecule is Cc1ccc(C)c(NC(=O)CN(CCC(=O)Nc2ccc(Cl)c(C(=O)O)c2)C2CC2)c1. The van der Waals surface area contributed by atoms with E-state index in [-0.39, 0.29) is 35.4 Å². The van der Waals surface area contributed by atoms with Gasteiger partial charge in [0, 0.05) is 30.4 Å². The zero-order chi connectivity index (χ0) is 22.5. The second kappa shape index (κ2) is 9.94. The smallest absolute Gasteiger partial charge is 0.337 e. The van der Waals surface area contributed by atoms with Crippen LogP contribution in [0, 0.1) is 13.8 Å². The number of aromatic carboxylic acids is 1. The maximum absolute atomic E-state index is 12.6. The van der Waals surface area contributed by atoms with Crippen molar-refractivity contribution in [3.05, 3.63) is 58.1 Å². The number of nitrogens with one attached hydrogen (secondary N) is 2. The van der Waals surface area contributed by atoms with Crippen molar-refractivity contribution in [1.82, 2.24) is 4.90 Å². The van der Waals surface area contributed by atoms with E-state index < -0.39 is 5.97 Å². The molecule has 0 saturated heterocycles. The zero-order valence-corrected chi connectivity index (χ0v) is 18.3. The van der Waals surface area contributed by atoms with Gasteiger partial charge >= 0.3 is 5.97 Å². The number of rotatable bonds is 9. The molecule has 3 rings (SSSR count). The topological polar surface area (TPSA) is 98.7 Å². The van der Waals surface area contributed by atoms with Crippen molar-refractivity contribution in [2.45, 2.75) is 39.2 Å². The summed E-state index contributed by atoms with van der Waals surface area (Å²) in [7, 11) is 0. The Labute approximate surface area is 186 Å². The fourth-order valence-corrected chi connectivity index (χ4v) is 3.51. The minimum atomic E-state index is -1.16. The first-order chi connectivity index (χ1) is 14.7. The fraction of sp³-hybridized carbons (Fsp3) is 0.348. The lowest BCUT2D eigenvalue weighted by Gasteiger charge is -2.21.